The van der Waals surface area contributed by atoms with Crippen LogP contribution >= 0.6 is 0 Å². The summed E-state index contributed by atoms with van der Waals surface area (Å²) >= 11 is 0. The summed E-state index contributed by atoms with van der Waals surface area (Å²) in [7, 11) is 3.45. The molecule has 0 aliphatic rings. The van der Waals surface area contributed by atoms with E-state index < -0.39 is 4.92 Å². The summed E-state index contributed by atoms with van der Waals surface area (Å²) in [6.45, 7) is 1.39. The summed E-state index contributed by atoms with van der Waals surface area (Å²) in [6, 6.07) is 11.3. The van der Waals surface area contributed by atoms with Crippen molar-refractivity contribution in [2.45, 2.75) is 6.92 Å². The number of benzene rings is 2. The van der Waals surface area contributed by atoms with E-state index in [4.69, 9.17) is 0 Å². The first-order chi connectivity index (χ1) is 12.3. The van der Waals surface area contributed by atoms with Crippen LogP contribution in [0, 0.1) is 10.1 Å². The van der Waals surface area contributed by atoms with E-state index in [2.05, 4.69) is 5.32 Å². The lowest BCUT2D eigenvalue weighted by Crippen LogP contribution is -2.11. The Kier molecular flexibility index (Phi) is 5.85. The second kappa shape index (κ2) is 8.06. The second-order valence-corrected chi connectivity index (χ2v) is 5.86. The summed E-state index contributed by atoms with van der Waals surface area (Å²) < 4.78 is 0. The largest absolute Gasteiger partial charge is 0.372 e. The van der Waals surface area contributed by atoms with Gasteiger partial charge >= 0.3 is 0 Å². The van der Waals surface area contributed by atoms with Gasteiger partial charge in [-0.15, -0.1) is 0 Å². The molecule has 0 aliphatic carbocycles. The molecule has 2 rings (SSSR count). The van der Waals surface area contributed by atoms with Crippen molar-refractivity contribution in [1.82, 2.24) is 0 Å². The predicted octanol–water partition coefficient (Wildman–Crippen LogP) is 3.52. The summed E-state index contributed by atoms with van der Waals surface area (Å²) in [5.74, 6) is -0.491. The molecule has 2 aromatic rings. The van der Waals surface area contributed by atoms with Crippen molar-refractivity contribution in [2.24, 2.45) is 0 Å². The monoisotopic (exact) mass is 353 g/mol. The highest BCUT2D eigenvalue weighted by Gasteiger charge is 2.15. The number of nitro benzene ring substituents is 1. The number of nitrogens with zero attached hydrogens (tertiary/aromatic N) is 2. The van der Waals surface area contributed by atoms with Crippen LogP contribution in [0.5, 0.6) is 0 Å². The highest BCUT2D eigenvalue weighted by Crippen LogP contribution is 2.28. The minimum Gasteiger partial charge on any atom is -0.372 e. The summed E-state index contributed by atoms with van der Waals surface area (Å²) in [5, 5.41) is 13.8. The molecular formula is C19H19N3O4. The minimum absolute atomic E-state index is 0.0303. The molecule has 0 spiro atoms. The molecular weight excluding hydrogens is 334 g/mol. The number of nitro groups is 1. The lowest BCUT2D eigenvalue weighted by Gasteiger charge is -2.12. The Morgan fingerprint density at radius 2 is 1.88 bits per heavy atom. The third-order valence-corrected chi connectivity index (χ3v) is 3.57. The van der Waals surface area contributed by atoms with Crippen molar-refractivity contribution in [3.8, 4) is 0 Å². The molecule has 7 nitrogen and oxygen atoms in total. The van der Waals surface area contributed by atoms with Crippen molar-refractivity contribution in [3.05, 3.63) is 69.8 Å². The van der Waals surface area contributed by atoms with Gasteiger partial charge in [-0.1, -0.05) is 24.3 Å². The Morgan fingerprint density at radius 3 is 2.50 bits per heavy atom. The Labute approximate surface area is 151 Å². The second-order valence-electron chi connectivity index (χ2n) is 5.86. The van der Waals surface area contributed by atoms with Crippen molar-refractivity contribution in [3.63, 3.8) is 0 Å². The molecule has 0 bridgehead atoms. The number of nitrogens with one attached hydrogen (secondary N) is 1. The topological polar surface area (TPSA) is 92.6 Å². The maximum atomic E-state index is 12.3. The van der Waals surface area contributed by atoms with E-state index in [0.29, 0.717) is 22.5 Å². The van der Waals surface area contributed by atoms with Crippen molar-refractivity contribution in [2.75, 3.05) is 24.3 Å². The van der Waals surface area contributed by atoms with Gasteiger partial charge < -0.3 is 10.2 Å². The minimum atomic E-state index is -0.453. The Balaban J connectivity index is 2.24. The lowest BCUT2D eigenvalue weighted by molar-refractivity contribution is -0.384. The van der Waals surface area contributed by atoms with E-state index in [1.807, 2.05) is 0 Å². The van der Waals surface area contributed by atoms with Gasteiger partial charge in [0.2, 0.25) is 5.91 Å². The fourth-order valence-electron chi connectivity index (χ4n) is 2.39. The number of allylic oxidation sites excluding steroid dienone is 1. The predicted molar refractivity (Wildman–Crippen MR) is 102 cm³/mol. The smallest absolute Gasteiger partial charge is 0.293 e. The van der Waals surface area contributed by atoms with Crippen molar-refractivity contribution in [1.29, 1.82) is 0 Å². The average Bonchev–Trinajstić information content (AvgIpc) is 2.58. The molecule has 0 unspecified atom stereocenters. The van der Waals surface area contributed by atoms with Gasteiger partial charge in [0.25, 0.3) is 5.69 Å². The fraction of sp³-hybridized carbons (Fsp3) is 0.158. The molecule has 7 heteroatoms. The zero-order valence-corrected chi connectivity index (χ0v) is 14.7. The zero-order chi connectivity index (χ0) is 19.3. The number of hydrogen-bond acceptors (Lipinski definition) is 5. The third-order valence-electron chi connectivity index (χ3n) is 3.57. The average molecular weight is 353 g/mol. The molecule has 0 heterocycles. The quantitative estimate of drug-likeness (QED) is 0.371. The number of carbonyl (C=O) groups is 2. The molecule has 0 saturated carbocycles. The number of rotatable bonds is 6. The number of ketones is 1. The maximum absolute atomic E-state index is 12.3. The molecule has 0 atom stereocenters. The van der Waals surface area contributed by atoms with Crippen LogP contribution in [-0.4, -0.2) is 30.7 Å². The van der Waals surface area contributed by atoms with Crippen LogP contribution in [0.3, 0.4) is 0 Å². The molecule has 0 aliphatic heterocycles. The highest BCUT2D eigenvalue weighted by molar-refractivity contribution is 6.07. The molecule has 1 N–H and O–H groups in total. The first-order valence-corrected chi connectivity index (χ1v) is 7.84. The van der Waals surface area contributed by atoms with E-state index in [0.717, 1.165) is 0 Å². The van der Waals surface area contributed by atoms with E-state index in [1.165, 1.54) is 25.1 Å². The van der Waals surface area contributed by atoms with Crippen molar-refractivity contribution < 1.29 is 14.5 Å². The summed E-state index contributed by atoms with van der Waals surface area (Å²) in [4.78, 5) is 35.8. The van der Waals surface area contributed by atoms with E-state index >= 15 is 0 Å². The van der Waals surface area contributed by atoms with Crippen LogP contribution in [0.25, 0.3) is 6.08 Å². The third kappa shape index (κ3) is 4.76. The Morgan fingerprint density at radius 1 is 1.15 bits per heavy atom. The summed E-state index contributed by atoms with van der Waals surface area (Å²) in [5.41, 5.74) is 1.95. The van der Waals surface area contributed by atoms with E-state index in [1.54, 1.807) is 55.4 Å². The van der Waals surface area contributed by atoms with Crippen molar-refractivity contribution >= 4 is 34.8 Å². The lowest BCUT2D eigenvalue weighted by atomic mass is 10.1. The SMILES string of the molecule is CC(=O)Nc1cccc(C(=O)/C=C/c2ccc(N(C)C)c([N+](=O)[O-])c2)c1. The van der Waals surface area contributed by atoms with Gasteiger partial charge in [-0.25, -0.2) is 0 Å². The van der Waals surface area contributed by atoms with Crippen LogP contribution < -0.4 is 10.2 Å². The fourth-order valence-corrected chi connectivity index (χ4v) is 2.39. The Bertz CT molecular complexity index is 888. The maximum Gasteiger partial charge on any atom is 0.293 e. The van der Waals surface area contributed by atoms with E-state index in [9.17, 15) is 19.7 Å². The molecule has 134 valence electrons. The van der Waals surface area contributed by atoms with E-state index in [-0.39, 0.29) is 17.4 Å². The zero-order valence-electron chi connectivity index (χ0n) is 14.7. The van der Waals surface area contributed by atoms with Crippen LogP contribution in [-0.2, 0) is 4.79 Å². The summed E-state index contributed by atoms with van der Waals surface area (Å²) in [6.07, 6.45) is 2.88. The van der Waals surface area contributed by atoms with Crippen LogP contribution in [0.4, 0.5) is 17.1 Å². The number of anilines is 2. The standard InChI is InChI=1S/C19H19N3O4/c1-13(23)20-16-6-4-5-15(12-16)19(24)10-8-14-7-9-17(21(2)3)18(11-14)22(25)26/h4-12H,1-3H3,(H,20,23)/b10-8+. The number of amides is 1. The first-order valence-electron chi connectivity index (χ1n) is 7.84. The molecule has 0 saturated heterocycles. The van der Waals surface area contributed by atoms with Gasteiger partial charge in [0.05, 0.1) is 4.92 Å². The molecule has 1 amide bonds. The highest BCUT2D eigenvalue weighted by atomic mass is 16.6. The molecule has 0 aromatic heterocycles. The molecule has 0 radical (unpaired) electrons. The van der Waals surface area contributed by atoms with Crippen LogP contribution in [0.2, 0.25) is 0 Å². The molecule has 2 aromatic carbocycles. The van der Waals surface area contributed by atoms with Gasteiger partial charge in [0.15, 0.2) is 5.78 Å². The number of carbonyl (C=O) groups excluding carboxylic acids is 2. The normalized spacial score (nSPS) is 10.6. The van der Waals surface area contributed by atoms with Crippen LogP contribution in [0.1, 0.15) is 22.8 Å². The molecule has 26 heavy (non-hydrogen) atoms. The van der Waals surface area contributed by atoms with Gasteiger partial charge in [0.1, 0.15) is 5.69 Å². The van der Waals surface area contributed by atoms with Gasteiger partial charge in [-0.3, -0.25) is 19.7 Å². The number of hydrogen-bond donors (Lipinski definition) is 1. The first kappa shape index (κ1) is 18.9. The molecule has 0 fully saturated rings. The van der Waals surface area contributed by atoms with Gasteiger partial charge in [0, 0.05) is 38.3 Å². The van der Waals surface area contributed by atoms with Crippen LogP contribution in [0.15, 0.2) is 48.5 Å². The van der Waals surface area contributed by atoms with Gasteiger partial charge in [-0.2, -0.15) is 0 Å². The van der Waals surface area contributed by atoms with Gasteiger partial charge in [-0.05, 0) is 29.8 Å². The Hall–Kier alpha value is -3.48.